The number of imidazole rings is 1. The molecule has 0 atom stereocenters. The van der Waals surface area contributed by atoms with E-state index in [9.17, 15) is 9.59 Å². The number of carbonyl (C=O) groups excluding carboxylic acids is 2. The number of fused-ring (bicyclic) bond motifs is 1. The monoisotopic (exact) mass is 218 g/mol. The number of H-pyrrole nitrogens is 1. The molecule has 1 heterocycles. The van der Waals surface area contributed by atoms with Gasteiger partial charge in [0, 0.05) is 12.6 Å². The van der Waals surface area contributed by atoms with Gasteiger partial charge in [0.05, 0.1) is 11.0 Å². The fourth-order valence-corrected chi connectivity index (χ4v) is 1.41. The summed E-state index contributed by atoms with van der Waals surface area (Å²) in [5, 5.41) is 2.51. The number of rotatable bonds is 2. The van der Waals surface area contributed by atoms with Crippen molar-refractivity contribution in [3.63, 3.8) is 0 Å². The summed E-state index contributed by atoms with van der Waals surface area (Å²) in [6.07, 6.45) is 0. The maximum atomic E-state index is 11.4. The molecule has 0 bridgehead atoms. The molecule has 0 radical (unpaired) electrons. The topological polar surface area (TPSA) is 101 Å². The van der Waals surface area contributed by atoms with E-state index in [4.69, 9.17) is 5.73 Å². The summed E-state index contributed by atoms with van der Waals surface area (Å²) in [5.41, 5.74) is 6.79. The Morgan fingerprint density at radius 3 is 2.81 bits per heavy atom. The maximum absolute atomic E-state index is 11.4. The van der Waals surface area contributed by atoms with E-state index >= 15 is 0 Å². The van der Waals surface area contributed by atoms with Crippen LogP contribution in [0.5, 0.6) is 0 Å². The molecule has 0 aliphatic heterocycles. The van der Waals surface area contributed by atoms with Crippen molar-refractivity contribution >= 4 is 22.8 Å². The molecule has 0 fully saturated rings. The quantitative estimate of drug-likeness (QED) is 0.662. The van der Waals surface area contributed by atoms with Crippen molar-refractivity contribution in [1.29, 1.82) is 0 Å². The third kappa shape index (κ3) is 1.60. The van der Waals surface area contributed by atoms with Gasteiger partial charge in [-0.15, -0.1) is 0 Å². The third-order valence-electron chi connectivity index (χ3n) is 2.20. The number of nitrogens with two attached hydrogens (primary N) is 1. The van der Waals surface area contributed by atoms with Crippen LogP contribution in [0.2, 0.25) is 0 Å². The normalized spacial score (nSPS) is 10.3. The number of aromatic nitrogens is 2. The minimum Gasteiger partial charge on any atom is -0.363 e. The molecule has 6 heteroatoms. The summed E-state index contributed by atoms with van der Waals surface area (Å²) >= 11 is 0. The van der Waals surface area contributed by atoms with Crippen molar-refractivity contribution in [2.75, 3.05) is 7.05 Å². The summed E-state index contributed by atoms with van der Waals surface area (Å²) in [4.78, 5) is 29.0. The van der Waals surface area contributed by atoms with E-state index in [-0.39, 0.29) is 11.7 Å². The zero-order valence-electron chi connectivity index (χ0n) is 8.57. The molecule has 0 saturated heterocycles. The summed E-state index contributed by atoms with van der Waals surface area (Å²) in [5.74, 6) is -0.737. The van der Waals surface area contributed by atoms with Gasteiger partial charge in [-0.3, -0.25) is 9.59 Å². The number of amides is 2. The highest BCUT2D eigenvalue weighted by Crippen LogP contribution is 2.13. The van der Waals surface area contributed by atoms with Gasteiger partial charge in [0.25, 0.3) is 11.8 Å². The van der Waals surface area contributed by atoms with E-state index in [1.54, 1.807) is 25.2 Å². The Morgan fingerprint density at radius 2 is 2.19 bits per heavy atom. The van der Waals surface area contributed by atoms with E-state index in [0.29, 0.717) is 16.6 Å². The molecule has 6 nitrogen and oxygen atoms in total. The first-order chi connectivity index (χ1) is 7.61. The van der Waals surface area contributed by atoms with Crippen LogP contribution in [0.3, 0.4) is 0 Å². The van der Waals surface area contributed by atoms with Crippen molar-refractivity contribution in [2.45, 2.75) is 0 Å². The van der Waals surface area contributed by atoms with Gasteiger partial charge in [0.15, 0.2) is 5.82 Å². The van der Waals surface area contributed by atoms with Crippen LogP contribution < -0.4 is 11.1 Å². The number of primary amides is 1. The van der Waals surface area contributed by atoms with Crippen LogP contribution in [0.1, 0.15) is 21.0 Å². The number of hydrogen-bond acceptors (Lipinski definition) is 3. The summed E-state index contributed by atoms with van der Waals surface area (Å²) < 4.78 is 0. The van der Waals surface area contributed by atoms with Gasteiger partial charge in [-0.1, -0.05) is 0 Å². The molecule has 2 rings (SSSR count). The van der Waals surface area contributed by atoms with Gasteiger partial charge >= 0.3 is 0 Å². The second-order valence-electron chi connectivity index (χ2n) is 3.26. The van der Waals surface area contributed by atoms with E-state index in [1.165, 1.54) is 0 Å². The summed E-state index contributed by atoms with van der Waals surface area (Å²) in [6.45, 7) is 0. The van der Waals surface area contributed by atoms with Crippen molar-refractivity contribution in [2.24, 2.45) is 5.73 Å². The first kappa shape index (κ1) is 10.2. The molecule has 0 aliphatic rings. The molecule has 0 saturated carbocycles. The highest BCUT2D eigenvalue weighted by atomic mass is 16.2. The van der Waals surface area contributed by atoms with Gasteiger partial charge in [0.2, 0.25) is 0 Å². The molecular weight excluding hydrogens is 208 g/mol. The smallest absolute Gasteiger partial charge is 0.284 e. The SMILES string of the molecule is CNC(=O)c1ccc2nc(C(N)=O)[nH]c2c1. The second kappa shape index (κ2) is 3.65. The fourth-order valence-electron chi connectivity index (χ4n) is 1.41. The predicted octanol–water partition coefficient (Wildman–Crippen LogP) is 0.0214. The Kier molecular flexibility index (Phi) is 2.32. The molecule has 1 aromatic heterocycles. The second-order valence-corrected chi connectivity index (χ2v) is 3.26. The average Bonchev–Trinajstić information content (AvgIpc) is 2.70. The van der Waals surface area contributed by atoms with Crippen LogP contribution >= 0.6 is 0 Å². The van der Waals surface area contributed by atoms with E-state index in [1.807, 2.05) is 0 Å². The van der Waals surface area contributed by atoms with E-state index in [2.05, 4.69) is 15.3 Å². The fraction of sp³-hybridized carbons (Fsp3) is 0.100. The van der Waals surface area contributed by atoms with Gasteiger partial charge in [-0.2, -0.15) is 0 Å². The highest BCUT2D eigenvalue weighted by molar-refractivity contribution is 5.98. The van der Waals surface area contributed by atoms with Crippen LogP contribution in [0, 0.1) is 0 Å². The van der Waals surface area contributed by atoms with Gasteiger partial charge < -0.3 is 16.0 Å². The Bertz CT molecular complexity index is 573. The summed E-state index contributed by atoms with van der Waals surface area (Å²) in [6, 6.07) is 4.91. The number of hydrogen-bond donors (Lipinski definition) is 3. The van der Waals surface area contributed by atoms with Crippen LogP contribution in [0.25, 0.3) is 11.0 Å². The molecule has 2 aromatic rings. The molecule has 2 amide bonds. The minimum atomic E-state index is -0.627. The predicted molar refractivity (Wildman–Crippen MR) is 58.0 cm³/mol. The van der Waals surface area contributed by atoms with Crippen molar-refractivity contribution in [3.8, 4) is 0 Å². The zero-order valence-corrected chi connectivity index (χ0v) is 8.57. The van der Waals surface area contributed by atoms with Crippen molar-refractivity contribution in [3.05, 3.63) is 29.6 Å². The van der Waals surface area contributed by atoms with Crippen molar-refractivity contribution in [1.82, 2.24) is 15.3 Å². The summed E-state index contributed by atoms with van der Waals surface area (Å²) in [7, 11) is 1.55. The van der Waals surface area contributed by atoms with Gasteiger partial charge in [0.1, 0.15) is 0 Å². The number of nitrogens with zero attached hydrogens (tertiary/aromatic N) is 1. The molecule has 82 valence electrons. The first-order valence-corrected chi connectivity index (χ1v) is 4.63. The molecule has 4 N–H and O–H groups in total. The lowest BCUT2D eigenvalue weighted by atomic mass is 10.2. The Hall–Kier alpha value is -2.37. The van der Waals surface area contributed by atoms with Crippen LogP contribution in [-0.4, -0.2) is 28.8 Å². The third-order valence-corrected chi connectivity index (χ3v) is 2.20. The number of benzene rings is 1. The van der Waals surface area contributed by atoms with Crippen LogP contribution in [0.15, 0.2) is 18.2 Å². The lowest BCUT2D eigenvalue weighted by Gasteiger charge is -1.98. The minimum absolute atomic E-state index is 0.0871. The van der Waals surface area contributed by atoms with E-state index in [0.717, 1.165) is 0 Å². The highest BCUT2D eigenvalue weighted by Gasteiger charge is 2.09. The van der Waals surface area contributed by atoms with Crippen LogP contribution in [0.4, 0.5) is 0 Å². The Morgan fingerprint density at radius 1 is 1.44 bits per heavy atom. The molecule has 16 heavy (non-hydrogen) atoms. The van der Waals surface area contributed by atoms with Gasteiger partial charge in [-0.05, 0) is 18.2 Å². The molecule has 0 unspecified atom stereocenters. The lowest BCUT2D eigenvalue weighted by Crippen LogP contribution is -2.17. The lowest BCUT2D eigenvalue weighted by molar-refractivity contribution is 0.0961. The average molecular weight is 218 g/mol. The Balaban J connectivity index is 2.53. The molecule has 0 spiro atoms. The molecule has 0 aliphatic carbocycles. The number of carbonyl (C=O) groups is 2. The van der Waals surface area contributed by atoms with Crippen LogP contribution in [-0.2, 0) is 0 Å². The number of aromatic amines is 1. The largest absolute Gasteiger partial charge is 0.363 e. The standard InChI is InChI=1S/C10H10N4O2/c1-12-10(16)5-2-3-6-7(4-5)14-9(13-6)8(11)15/h2-4H,1H3,(H2,11,15)(H,12,16)(H,13,14). The van der Waals surface area contributed by atoms with E-state index < -0.39 is 5.91 Å². The van der Waals surface area contributed by atoms with Crippen molar-refractivity contribution < 1.29 is 9.59 Å². The molecule has 1 aromatic carbocycles. The first-order valence-electron chi connectivity index (χ1n) is 4.63. The van der Waals surface area contributed by atoms with Gasteiger partial charge in [-0.25, -0.2) is 4.98 Å². The number of nitrogens with one attached hydrogen (secondary N) is 2. The molecular formula is C10H10N4O2. The maximum Gasteiger partial charge on any atom is 0.284 e. The Labute approximate surface area is 90.8 Å². The zero-order chi connectivity index (χ0) is 11.7.